The number of nitrogens with zero attached hydrogens (tertiary/aromatic N) is 2. The van der Waals surface area contributed by atoms with E-state index in [1.54, 1.807) is 0 Å². The molecule has 3 nitrogen and oxygen atoms in total. The van der Waals surface area contributed by atoms with E-state index in [2.05, 4.69) is 66.8 Å². The first-order chi connectivity index (χ1) is 12.9. The molecule has 2 aromatic rings. The molecule has 0 radical (unpaired) electrons. The lowest BCUT2D eigenvalue weighted by Gasteiger charge is -2.34. The molecule has 2 aromatic carbocycles. The van der Waals surface area contributed by atoms with Gasteiger partial charge in [0.05, 0.1) is 12.3 Å². The van der Waals surface area contributed by atoms with Gasteiger partial charge >= 0.3 is 0 Å². The van der Waals surface area contributed by atoms with Crippen LogP contribution in [0.25, 0.3) is 0 Å². The summed E-state index contributed by atoms with van der Waals surface area (Å²) >= 11 is 0. The van der Waals surface area contributed by atoms with Crippen molar-refractivity contribution in [3.63, 3.8) is 0 Å². The molecule has 1 aliphatic heterocycles. The highest BCUT2D eigenvalue weighted by Crippen LogP contribution is 2.40. The Kier molecular flexibility index (Phi) is 5.14. The number of rotatable bonds is 5. The number of hydrogen-bond acceptors (Lipinski definition) is 3. The van der Waals surface area contributed by atoms with Crippen molar-refractivity contribution in [3.8, 4) is 0 Å². The molecular weight excluding hydrogens is 318 g/mol. The van der Waals surface area contributed by atoms with Crippen molar-refractivity contribution in [3.05, 3.63) is 71.3 Å². The van der Waals surface area contributed by atoms with Crippen LogP contribution in [-0.2, 0) is 0 Å². The molecular formula is C23H27N3. The highest BCUT2D eigenvalue weighted by molar-refractivity contribution is 6.11. The van der Waals surface area contributed by atoms with E-state index in [4.69, 9.17) is 9.98 Å². The Morgan fingerprint density at radius 2 is 1.81 bits per heavy atom. The topological polar surface area (TPSA) is 36.8 Å². The van der Waals surface area contributed by atoms with E-state index in [0.29, 0.717) is 11.8 Å². The molecule has 0 amide bonds. The lowest BCUT2D eigenvalue weighted by molar-refractivity contribution is 0.561. The number of unbranched alkanes of at least 4 members (excludes halogenated alkanes) is 2. The van der Waals surface area contributed by atoms with Gasteiger partial charge in [-0.25, -0.2) is 4.99 Å². The summed E-state index contributed by atoms with van der Waals surface area (Å²) in [7, 11) is 0. The van der Waals surface area contributed by atoms with E-state index in [1.807, 2.05) is 0 Å². The second-order valence-electron chi connectivity index (χ2n) is 7.28. The molecule has 134 valence electrons. The summed E-state index contributed by atoms with van der Waals surface area (Å²) in [5, 5.41) is 3.43. The predicted octanol–water partition coefficient (Wildman–Crippen LogP) is 4.78. The van der Waals surface area contributed by atoms with Crippen molar-refractivity contribution < 1.29 is 0 Å². The standard InChI is InChI=1S/C23H27N3/c1-2-3-9-14-24-23-25-16-18-15-21(17-10-5-4-6-11-17)19-12-7-8-13-20(19)22(18)26-23/h4-8,10-13,18,21H,2-3,9,14-16H2,1H3,(H,24,25). The number of benzene rings is 2. The average Bonchev–Trinajstić information content (AvgIpc) is 2.71. The van der Waals surface area contributed by atoms with Gasteiger partial charge in [0.2, 0.25) is 5.96 Å². The Morgan fingerprint density at radius 3 is 2.65 bits per heavy atom. The Bertz CT molecular complexity index is 807. The molecule has 4 rings (SSSR count). The van der Waals surface area contributed by atoms with Gasteiger partial charge in [0.15, 0.2) is 0 Å². The van der Waals surface area contributed by atoms with Crippen molar-refractivity contribution in [1.82, 2.24) is 5.32 Å². The summed E-state index contributed by atoms with van der Waals surface area (Å²) in [5.74, 6) is 1.67. The maximum Gasteiger partial charge on any atom is 0.218 e. The Labute approximate surface area is 156 Å². The lowest BCUT2D eigenvalue weighted by Crippen LogP contribution is -2.36. The van der Waals surface area contributed by atoms with Crippen molar-refractivity contribution >= 4 is 11.7 Å². The van der Waals surface area contributed by atoms with E-state index in [-0.39, 0.29) is 0 Å². The molecule has 1 aliphatic carbocycles. The number of guanidine groups is 1. The fourth-order valence-corrected chi connectivity index (χ4v) is 4.11. The minimum Gasteiger partial charge on any atom is -0.355 e. The maximum atomic E-state index is 4.93. The molecule has 26 heavy (non-hydrogen) atoms. The summed E-state index contributed by atoms with van der Waals surface area (Å²) in [5.41, 5.74) is 5.33. The SMILES string of the molecule is CCCCCNC1=NCC2CC(c3ccccc3)c3ccccc3C2=N1. The maximum absolute atomic E-state index is 4.93. The Morgan fingerprint density at radius 1 is 1.00 bits per heavy atom. The van der Waals surface area contributed by atoms with Crippen molar-refractivity contribution in [2.45, 2.75) is 38.5 Å². The van der Waals surface area contributed by atoms with Gasteiger partial charge in [-0.2, -0.15) is 0 Å². The zero-order valence-electron chi connectivity index (χ0n) is 15.5. The first kappa shape index (κ1) is 17.0. The normalized spacial score (nSPS) is 21.3. The summed E-state index contributed by atoms with van der Waals surface area (Å²) in [4.78, 5) is 9.66. The van der Waals surface area contributed by atoms with E-state index in [9.17, 15) is 0 Å². The monoisotopic (exact) mass is 345 g/mol. The minimum atomic E-state index is 0.413. The zero-order chi connectivity index (χ0) is 17.8. The highest BCUT2D eigenvalue weighted by atomic mass is 15.1. The van der Waals surface area contributed by atoms with Crippen LogP contribution in [-0.4, -0.2) is 24.8 Å². The van der Waals surface area contributed by atoms with Gasteiger partial charge in [-0.3, -0.25) is 4.99 Å². The van der Waals surface area contributed by atoms with Gasteiger partial charge in [-0.05, 0) is 24.0 Å². The molecule has 2 aliphatic rings. The van der Waals surface area contributed by atoms with Crippen LogP contribution < -0.4 is 5.32 Å². The van der Waals surface area contributed by atoms with Crippen LogP contribution >= 0.6 is 0 Å². The number of aliphatic imine (C=N–C) groups is 2. The molecule has 0 fully saturated rings. The molecule has 0 saturated heterocycles. The molecule has 1 heterocycles. The van der Waals surface area contributed by atoms with Crippen LogP contribution in [0.2, 0.25) is 0 Å². The first-order valence-corrected chi connectivity index (χ1v) is 9.88. The molecule has 2 atom stereocenters. The van der Waals surface area contributed by atoms with Gasteiger partial charge in [-0.1, -0.05) is 74.4 Å². The van der Waals surface area contributed by atoms with E-state index in [1.165, 1.54) is 41.7 Å². The van der Waals surface area contributed by atoms with E-state index in [0.717, 1.165) is 25.5 Å². The molecule has 0 spiro atoms. The largest absolute Gasteiger partial charge is 0.355 e. The molecule has 0 aromatic heterocycles. The van der Waals surface area contributed by atoms with Crippen molar-refractivity contribution in [2.24, 2.45) is 15.9 Å². The second-order valence-corrected chi connectivity index (χ2v) is 7.28. The number of hydrogen-bond donors (Lipinski definition) is 1. The van der Waals surface area contributed by atoms with E-state index < -0.39 is 0 Å². The Hall–Kier alpha value is -2.42. The summed E-state index contributed by atoms with van der Waals surface area (Å²) in [6, 6.07) is 19.6. The van der Waals surface area contributed by atoms with E-state index >= 15 is 0 Å². The van der Waals surface area contributed by atoms with Gasteiger partial charge in [0, 0.05) is 23.9 Å². The third-order valence-corrected chi connectivity index (χ3v) is 5.47. The van der Waals surface area contributed by atoms with Crippen LogP contribution in [0.3, 0.4) is 0 Å². The minimum absolute atomic E-state index is 0.413. The molecule has 0 bridgehead atoms. The van der Waals surface area contributed by atoms with Crippen molar-refractivity contribution in [2.75, 3.05) is 13.1 Å². The highest BCUT2D eigenvalue weighted by Gasteiger charge is 2.34. The summed E-state index contributed by atoms with van der Waals surface area (Å²) in [6.07, 6.45) is 4.75. The lowest BCUT2D eigenvalue weighted by atomic mass is 9.72. The summed E-state index contributed by atoms with van der Waals surface area (Å²) < 4.78 is 0. The fraction of sp³-hybridized carbons (Fsp3) is 0.391. The zero-order valence-corrected chi connectivity index (χ0v) is 15.5. The number of fused-ring (bicyclic) bond motifs is 3. The number of nitrogens with one attached hydrogen (secondary N) is 1. The van der Waals surface area contributed by atoms with Gasteiger partial charge in [-0.15, -0.1) is 0 Å². The van der Waals surface area contributed by atoms with Crippen LogP contribution in [0.4, 0.5) is 0 Å². The second kappa shape index (κ2) is 7.86. The Balaban J connectivity index is 1.61. The molecule has 3 heteroatoms. The predicted molar refractivity (Wildman–Crippen MR) is 109 cm³/mol. The van der Waals surface area contributed by atoms with Gasteiger partial charge in [0.1, 0.15) is 0 Å². The van der Waals surface area contributed by atoms with Crippen LogP contribution in [0, 0.1) is 5.92 Å². The average molecular weight is 345 g/mol. The third-order valence-electron chi connectivity index (χ3n) is 5.47. The quantitative estimate of drug-likeness (QED) is 0.778. The van der Waals surface area contributed by atoms with Crippen LogP contribution in [0.5, 0.6) is 0 Å². The van der Waals surface area contributed by atoms with Gasteiger partial charge in [0.25, 0.3) is 0 Å². The molecule has 1 N–H and O–H groups in total. The van der Waals surface area contributed by atoms with Crippen LogP contribution in [0.1, 0.15) is 55.2 Å². The van der Waals surface area contributed by atoms with Crippen molar-refractivity contribution in [1.29, 1.82) is 0 Å². The first-order valence-electron chi connectivity index (χ1n) is 9.88. The molecule has 0 saturated carbocycles. The fourth-order valence-electron chi connectivity index (χ4n) is 4.11. The third kappa shape index (κ3) is 3.44. The van der Waals surface area contributed by atoms with Gasteiger partial charge < -0.3 is 5.32 Å². The smallest absolute Gasteiger partial charge is 0.218 e. The summed E-state index contributed by atoms with van der Waals surface area (Å²) in [6.45, 7) is 4.03. The molecule has 2 unspecified atom stereocenters. The van der Waals surface area contributed by atoms with Crippen LogP contribution in [0.15, 0.2) is 64.6 Å².